The van der Waals surface area contributed by atoms with Gasteiger partial charge in [-0.05, 0) is 71.8 Å². The molecule has 0 aliphatic heterocycles. The van der Waals surface area contributed by atoms with E-state index in [-0.39, 0.29) is 34.6 Å². The van der Waals surface area contributed by atoms with Gasteiger partial charge < -0.3 is 15.5 Å². The molecule has 0 bridgehead atoms. The number of aromatic hydroxyl groups is 1. The molecule has 3 N–H and O–H groups in total. The van der Waals surface area contributed by atoms with Crippen LogP contribution in [0.4, 0.5) is 10.2 Å². The second-order valence-electron chi connectivity index (χ2n) is 8.26. The highest BCUT2D eigenvalue weighted by Crippen LogP contribution is 2.38. The van der Waals surface area contributed by atoms with E-state index in [0.29, 0.717) is 22.0 Å². The van der Waals surface area contributed by atoms with Gasteiger partial charge in [-0.15, -0.1) is 0 Å². The number of aryl methyl sites for hydroxylation is 1. The van der Waals surface area contributed by atoms with Gasteiger partial charge in [-0.1, -0.05) is 19.9 Å². The van der Waals surface area contributed by atoms with Crippen LogP contribution in [0.25, 0.3) is 21.9 Å². The number of carboxylic acids is 1. The number of phenols is 1. The Morgan fingerprint density at radius 3 is 2.41 bits per heavy atom. The number of hydrogen-bond acceptors (Lipinski definition) is 5. The summed E-state index contributed by atoms with van der Waals surface area (Å²) in [4.78, 5) is 32.9. The third kappa shape index (κ3) is 4.30. The standard InChI is InChI=1S/C26H22FN3O4/c1-13(2)23-22(15-4-8-20(27)14(3)10-15)18-7-6-17(31)11-19(18)24(30-23)25(32)29-21-9-5-16(12-28-21)26(33)34/h4-13,31H,1-3H3,(H,33,34)(H,28,29,32). The van der Waals surface area contributed by atoms with Crippen LogP contribution in [0.5, 0.6) is 5.75 Å². The van der Waals surface area contributed by atoms with Gasteiger partial charge in [0.15, 0.2) is 0 Å². The summed E-state index contributed by atoms with van der Waals surface area (Å²) < 4.78 is 13.9. The molecule has 1 amide bonds. The molecular formula is C26H22FN3O4. The lowest BCUT2D eigenvalue weighted by Gasteiger charge is -2.19. The fourth-order valence-electron chi connectivity index (χ4n) is 3.78. The highest BCUT2D eigenvalue weighted by Gasteiger charge is 2.22. The Hall–Kier alpha value is -4.33. The minimum absolute atomic E-state index is 0.00691. The van der Waals surface area contributed by atoms with E-state index in [1.807, 2.05) is 13.8 Å². The van der Waals surface area contributed by atoms with Crippen molar-refractivity contribution in [3.63, 3.8) is 0 Å². The Labute approximate surface area is 194 Å². The molecule has 34 heavy (non-hydrogen) atoms. The molecule has 2 heterocycles. The minimum Gasteiger partial charge on any atom is -0.508 e. The zero-order chi connectivity index (χ0) is 24.6. The maximum Gasteiger partial charge on any atom is 0.337 e. The van der Waals surface area contributed by atoms with E-state index >= 15 is 0 Å². The predicted molar refractivity (Wildman–Crippen MR) is 127 cm³/mol. The number of fused-ring (bicyclic) bond motifs is 1. The molecule has 0 spiro atoms. The van der Waals surface area contributed by atoms with Crippen LogP contribution >= 0.6 is 0 Å². The van der Waals surface area contributed by atoms with E-state index in [1.54, 1.807) is 25.1 Å². The molecular weight excluding hydrogens is 437 g/mol. The molecule has 0 saturated carbocycles. The van der Waals surface area contributed by atoms with Gasteiger partial charge >= 0.3 is 5.97 Å². The fourth-order valence-corrected chi connectivity index (χ4v) is 3.78. The van der Waals surface area contributed by atoms with E-state index in [4.69, 9.17) is 5.11 Å². The summed E-state index contributed by atoms with van der Waals surface area (Å²) in [5, 5.41) is 22.9. The van der Waals surface area contributed by atoms with E-state index in [1.165, 1.54) is 30.3 Å². The van der Waals surface area contributed by atoms with Crippen molar-refractivity contribution < 1.29 is 24.2 Å². The lowest BCUT2D eigenvalue weighted by atomic mass is 9.90. The number of pyridine rings is 2. The molecule has 0 aliphatic carbocycles. The average molecular weight is 459 g/mol. The normalized spacial score (nSPS) is 11.1. The number of anilines is 1. The maximum atomic E-state index is 13.9. The number of nitrogens with zero attached hydrogens (tertiary/aromatic N) is 2. The number of aromatic nitrogens is 2. The van der Waals surface area contributed by atoms with Crippen LogP contribution in [0.1, 0.15) is 51.9 Å². The van der Waals surface area contributed by atoms with Crippen molar-refractivity contribution in [3.05, 3.63) is 83.1 Å². The molecule has 8 heteroatoms. The Bertz CT molecular complexity index is 1430. The van der Waals surface area contributed by atoms with Crippen LogP contribution in [0.15, 0.2) is 54.7 Å². The van der Waals surface area contributed by atoms with Gasteiger partial charge in [0, 0.05) is 17.1 Å². The summed E-state index contributed by atoms with van der Waals surface area (Å²) in [7, 11) is 0. The smallest absolute Gasteiger partial charge is 0.337 e. The summed E-state index contributed by atoms with van der Waals surface area (Å²) in [5.74, 6) is -1.95. The van der Waals surface area contributed by atoms with Gasteiger partial charge in [0.05, 0.1) is 11.3 Å². The van der Waals surface area contributed by atoms with Crippen LogP contribution < -0.4 is 5.32 Å². The molecule has 0 radical (unpaired) electrons. The van der Waals surface area contributed by atoms with Crippen LogP contribution in [-0.2, 0) is 0 Å². The lowest BCUT2D eigenvalue weighted by Crippen LogP contribution is -2.17. The molecule has 0 saturated heterocycles. The zero-order valence-corrected chi connectivity index (χ0v) is 18.8. The van der Waals surface area contributed by atoms with Gasteiger partial charge in [-0.3, -0.25) is 4.79 Å². The van der Waals surface area contributed by atoms with Crippen molar-refractivity contribution >= 4 is 28.5 Å². The van der Waals surface area contributed by atoms with Gasteiger partial charge in [-0.25, -0.2) is 19.2 Å². The van der Waals surface area contributed by atoms with E-state index in [9.17, 15) is 19.1 Å². The first-order valence-electron chi connectivity index (χ1n) is 10.6. The monoisotopic (exact) mass is 459 g/mol. The highest BCUT2D eigenvalue weighted by molar-refractivity contribution is 6.14. The number of phenolic OH excluding ortho intramolecular Hbond substituents is 1. The topological polar surface area (TPSA) is 112 Å². The first-order valence-corrected chi connectivity index (χ1v) is 10.6. The molecule has 0 atom stereocenters. The summed E-state index contributed by atoms with van der Waals surface area (Å²) in [6.07, 6.45) is 1.15. The maximum absolute atomic E-state index is 13.9. The molecule has 172 valence electrons. The summed E-state index contributed by atoms with van der Waals surface area (Å²) >= 11 is 0. The summed E-state index contributed by atoms with van der Waals surface area (Å²) in [6.45, 7) is 5.57. The molecule has 2 aromatic heterocycles. The second kappa shape index (κ2) is 8.90. The van der Waals surface area contributed by atoms with E-state index in [2.05, 4.69) is 15.3 Å². The van der Waals surface area contributed by atoms with Crippen LogP contribution in [0, 0.1) is 12.7 Å². The van der Waals surface area contributed by atoms with Gasteiger partial charge in [0.1, 0.15) is 23.1 Å². The number of carboxylic acid groups (broad SMARTS) is 1. The average Bonchev–Trinajstić information content (AvgIpc) is 2.80. The van der Waals surface area contributed by atoms with E-state index < -0.39 is 11.9 Å². The minimum atomic E-state index is -1.12. The van der Waals surface area contributed by atoms with Crippen molar-refractivity contribution in [2.45, 2.75) is 26.7 Å². The van der Waals surface area contributed by atoms with Crippen LogP contribution in [0.2, 0.25) is 0 Å². The third-order valence-corrected chi connectivity index (χ3v) is 5.48. The van der Waals surface area contributed by atoms with Gasteiger partial charge in [0.25, 0.3) is 5.91 Å². The molecule has 0 fully saturated rings. The number of nitrogens with one attached hydrogen (secondary N) is 1. The molecule has 0 aliphatic rings. The Kier molecular flexibility index (Phi) is 5.98. The number of carbonyl (C=O) groups excluding carboxylic acids is 1. The van der Waals surface area contributed by atoms with Crippen LogP contribution in [0.3, 0.4) is 0 Å². The zero-order valence-electron chi connectivity index (χ0n) is 18.8. The summed E-state index contributed by atoms with van der Waals surface area (Å²) in [5.41, 5.74) is 2.71. The highest BCUT2D eigenvalue weighted by atomic mass is 19.1. The molecule has 4 aromatic rings. The second-order valence-corrected chi connectivity index (χ2v) is 8.26. The van der Waals surface area contributed by atoms with Crippen molar-refractivity contribution in [2.75, 3.05) is 5.32 Å². The number of benzene rings is 2. The number of rotatable bonds is 5. The van der Waals surface area contributed by atoms with E-state index in [0.717, 1.165) is 17.3 Å². The fraction of sp³-hybridized carbons (Fsp3) is 0.154. The Morgan fingerprint density at radius 2 is 1.79 bits per heavy atom. The largest absolute Gasteiger partial charge is 0.508 e. The molecule has 0 unspecified atom stereocenters. The van der Waals surface area contributed by atoms with Crippen molar-refractivity contribution in [2.24, 2.45) is 0 Å². The summed E-state index contributed by atoms with van der Waals surface area (Å²) in [6, 6.07) is 12.2. The number of aromatic carboxylic acids is 1. The number of amides is 1. The van der Waals surface area contributed by atoms with Gasteiger partial charge in [-0.2, -0.15) is 0 Å². The quantitative estimate of drug-likeness (QED) is 0.362. The molecule has 2 aromatic carbocycles. The first-order chi connectivity index (χ1) is 16.2. The van der Waals surface area contributed by atoms with Crippen LogP contribution in [-0.4, -0.2) is 32.1 Å². The predicted octanol–water partition coefficient (Wildman–Crippen LogP) is 5.52. The Morgan fingerprint density at radius 1 is 1.03 bits per heavy atom. The molecule has 4 rings (SSSR count). The Balaban J connectivity index is 1.89. The third-order valence-electron chi connectivity index (χ3n) is 5.48. The number of halogens is 1. The van der Waals surface area contributed by atoms with Crippen molar-refractivity contribution in [1.82, 2.24) is 9.97 Å². The number of carbonyl (C=O) groups is 2. The lowest BCUT2D eigenvalue weighted by molar-refractivity contribution is 0.0696. The molecule has 7 nitrogen and oxygen atoms in total. The number of hydrogen-bond donors (Lipinski definition) is 3. The van der Waals surface area contributed by atoms with Gasteiger partial charge in [0.2, 0.25) is 0 Å². The SMILES string of the molecule is Cc1cc(-c2c(C(C)C)nc(C(=O)Nc3ccc(C(=O)O)cn3)c3cc(O)ccc23)ccc1F. The van der Waals surface area contributed by atoms with Crippen molar-refractivity contribution in [3.8, 4) is 16.9 Å². The van der Waals surface area contributed by atoms with Crippen molar-refractivity contribution in [1.29, 1.82) is 0 Å². The first kappa shape index (κ1) is 22.8.